The molecular weight excluding hydrogens is 336 g/mol. The molecule has 1 rings (SSSR count). The summed E-state index contributed by atoms with van der Waals surface area (Å²) in [5, 5.41) is 0. The molecule has 4 radical (unpaired) electrons. The quantitative estimate of drug-likeness (QED) is 0.548. The van der Waals surface area contributed by atoms with Crippen LogP contribution in [-0.4, -0.2) is 56.3 Å². The first-order chi connectivity index (χ1) is 8.04. The minimum atomic E-state index is 0. The molecule has 122 valence electrons. The fourth-order valence-electron chi connectivity index (χ4n) is 2.63. The summed E-state index contributed by atoms with van der Waals surface area (Å²) in [6.45, 7) is 12.7. The van der Waals surface area contributed by atoms with Gasteiger partial charge in [-0.3, -0.25) is 4.79 Å². The molecule has 1 amide bonds. The summed E-state index contributed by atoms with van der Waals surface area (Å²) in [4.78, 5) is 16.1. The molecule has 1 aliphatic rings. The fraction of sp³-hybridized carbons (Fsp3) is 0.875. The SMILES string of the molecule is C.CCN(C(C)=O)C1CCN(CCC(C)C)CC1.[B].[CH3-].[Y]. The summed E-state index contributed by atoms with van der Waals surface area (Å²) in [5.74, 6) is 1.02. The van der Waals surface area contributed by atoms with Gasteiger partial charge in [-0.15, -0.1) is 0 Å². The van der Waals surface area contributed by atoms with E-state index in [0.717, 1.165) is 38.4 Å². The van der Waals surface area contributed by atoms with Crippen LogP contribution in [0.15, 0.2) is 0 Å². The Morgan fingerprint density at radius 3 is 2.10 bits per heavy atom. The second-order valence-electron chi connectivity index (χ2n) is 5.56. The normalized spacial score (nSPS) is 15.1. The van der Waals surface area contributed by atoms with E-state index in [4.69, 9.17) is 0 Å². The Kier molecular flexibility index (Phi) is 21.8. The number of carbonyl (C=O) groups excluding carboxylic acids is 1. The Labute approximate surface area is 161 Å². The number of piperidine rings is 1. The zero-order chi connectivity index (χ0) is 12.8. The van der Waals surface area contributed by atoms with Crippen molar-refractivity contribution in [1.82, 2.24) is 9.80 Å². The third-order valence-corrected chi connectivity index (χ3v) is 3.77. The van der Waals surface area contributed by atoms with Gasteiger partial charge in [-0.05, 0) is 38.6 Å². The number of likely N-dealkylation sites (tertiary alicyclic amines) is 1. The van der Waals surface area contributed by atoms with Gasteiger partial charge in [0.15, 0.2) is 0 Å². The van der Waals surface area contributed by atoms with Gasteiger partial charge in [0.05, 0.1) is 0 Å². The van der Waals surface area contributed by atoms with E-state index in [9.17, 15) is 4.79 Å². The molecule has 0 bridgehead atoms. The van der Waals surface area contributed by atoms with Crippen LogP contribution in [0.4, 0.5) is 0 Å². The van der Waals surface area contributed by atoms with Crippen LogP contribution in [-0.2, 0) is 37.5 Å². The maximum Gasteiger partial charge on any atom is 0.219 e. The maximum atomic E-state index is 11.5. The summed E-state index contributed by atoms with van der Waals surface area (Å²) >= 11 is 0. The third kappa shape index (κ3) is 10.9. The standard InChI is InChI=1S/C14H28N2O.CH4.CH3.B.Y/c1-5-16(13(4)17)14-7-10-15(11-8-14)9-6-12(2)3;;;;/h12,14H,5-11H2,1-4H3;1H4;1H3;;/q;;-1;;. The summed E-state index contributed by atoms with van der Waals surface area (Å²) < 4.78 is 0. The maximum absolute atomic E-state index is 11.5. The van der Waals surface area contributed by atoms with Crippen LogP contribution >= 0.6 is 0 Å². The number of nitrogens with zero attached hydrogens (tertiary/aromatic N) is 2. The predicted molar refractivity (Wildman–Crippen MR) is 90.9 cm³/mol. The molecule has 0 spiro atoms. The Morgan fingerprint density at radius 2 is 1.76 bits per heavy atom. The third-order valence-electron chi connectivity index (χ3n) is 3.77. The van der Waals surface area contributed by atoms with Crippen molar-refractivity contribution < 1.29 is 37.5 Å². The Bertz CT molecular complexity index is 244. The van der Waals surface area contributed by atoms with Crippen molar-refractivity contribution in [2.75, 3.05) is 26.2 Å². The zero-order valence-corrected chi connectivity index (χ0v) is 16.9. The summed E-state index contributed by atoms with van der Waals surface area (Å²) in [6.07, 6.45) is 3.58. The van der Waals surface area contributed by atoms with Crippen molar-refractivity contribution in [3.63, 3.8) is 0 Å². The molecule has 0 aromatic carbocycles. The van der Waals surface area contributed by atoms with E-state index in [1.165, 1.54) is 13.0 Å². The minimum Gasteiger partial charge on any atom is -0.358 e. The largest absolute Gasteiger partial charge is 0.358 e. The van der Waals surface area contributed by atoms with Gasteiger partial charge >= 0.3 is 0 Å². The number of carbonyl (C=O) groups is 1. The van der Waals surface area contributed by atoms with Crippen LogP contribution in [0.1, 0.15) is 54.4 Å². The van der Waals surface area contributed by atoms with Crippen LogP contribution in [0.3, 0.4) is 0 Å². The van der Waals surface area contributed by atoms with Gasteiger partial charge in [0.25, 0.3) is 0 Å². The van der Waals surface area contributed by atoms with Crippen LogP contribution in [0.5, 0.6) is 0 Å². The monoisotopic (exact) mass is 371 g/mol. The first-order valence-electron chi connectivity index (χ1n) is 7.04. The first kappa shape index (κ1) is 29.6. The van der Waals surface area contributed by atoms with Crippen molar-refractivity contribution in [2.45, 2.75) is 60.4 Å². The Morgan fingerprint density at radius 1 is 1.29 bits per heavy atom. The van der Waals surface area contributed by atoms with Crippen molar-refractivity contribution in [1.29, 1.82) is 0 Å². The average Bonchev–Trinajstić information content (AvgIpc) is 2.28. The number of rotatable bonds is 5. The molecule has 1 aliphatic heterocycles. The van der Waals surface area contributed by atoms with Gasteiger partial charge in [-0.1, -0.05) is 21.3 Å². The van der Waals surface area contributed by atoms with E-state index in [0.29, 0.717) is 6.04 Å². The second kappa shape index (κ2) is 15.5. The molecule has 5 heteroatoms. The van der Waals surface area contributed by atoms with Gasteiger partial charge in [0.2, 0.25) is 5.91 Å². The zero-order valence-electron chi connectivity index (χ0n) is 14.1. The van der Waals surface area contributed by atoms with Gasteiger partial charge in [0, 0.05) is 73.7 Å². The van der Waals surface area contributed by atoms with Gasteiger partial charge < -0.3 is 17.2 Å². The van der Waals surface area contributed by atoms with Gasteiger partial charge in [-0.2, -0.15) is 0 Å². The molecule has 0 aromatic rings. The number of hydrogen-bond acceptors (Lipinski definition) is 2. The van der Waals surface area contributed by atoms with Gasteiger partial charge in [0.1, 0.15) is 0 Å². The molecule has 1 saturated heterocycles. The Hall–Kier alpha value is 0.599. The minimum absolute atomic E-state index is 0. The summed E-state index contributed by atoms with van der Waals surface area (Å²) in [6, 6.07) is 0.479. The molecule has 0 aromatic heterocycles. The van der Waals surface area contributed by atoms with Gasteiger partial charge in [-0.25, -0.2) is 0 Å². The van der Waals surface area contributed by atoms with E-state index in [2.05, 4.69) is 25.7 Å². The van der Waals surface area contributed by atoms with E-state index in [-0.39, 0.29) is 61.9 Å². The molecule has 1 fully saturated rings. The van der Waals surface area contributed by atoms with E-state index >= 15 is 0 Å². The van der Waals surface area contributed by atoms with Crippen molar-refractivity contribution in [3.05, 3.63) is 7.43 Å². The molecule has 1 heterocycles. The predicted octanol–water partition coefficient (Wildman–Crippen LogP) is 3.07. The molecule has 0 aliphatic carbocycles. The van der Waals surface area contributed by atoms with E-state index in [1.54, 1.807) is 6.92 Å². The molecular formula is C16H35BN2OY-. The smallest absolute Gasteiger partial charge is 0.219 e. The molecule has 0 N–H and O–H groups in total. The molecule has 0 atom stereocenters. The number of amides is 1. The molecule has 0 saturated carbocycles. The van der Waals surface area contributed by atoms with Crippen molar-refractivity contribution in [2.24, 2.45) is 5.92 Å². The van der Waals surface area contributed by atoms with Crippen LogP contribution < -0.4 is 0 Å². The first-order valence-corrected chi connectivity index (χ1v) is 7.04. The molecule has 21 heavy (non-hydrogen) atoms. The average molecular weight is 371 g/mol. The second-order valence-corrected chi connectivity index (χ2v) is 5.56. The van der Waals surface area contributed by atoms with E-state index < -0.39 is 0 Å². The molecule has 3 nitrogen and oxygen atoms in total. The van der Waals surface area contributed by atoms with Crippen molar-refractivity contribution >= 4 is 14.3 Å². The Balaban J connectivity index is -0.000000361. The van der Waals surface area contributed by atoms with Crippen LogP contribution in [0.2, 0.25) is 0 Å². The van der Waals surface area contributed by atoms with Crippen LogP contribution in [0.25, 0.3) is 0 Å². The summed E-state index contributed by atoms with van der Waals surface area (Å²) in [7, 11) is 0. The summed E-state index contributed by atoms with van der Waals surface area (Å²) in [5.41, 5.74) is 0. The fourth-order valence-corrected chi connectivity index (χ4v) is 2.63. The van der Waals surface area contributed by atoms with Crippen LogP contribution in [0, 0.1) is 13.3 Å². The van der Waals surface area contributed by atoms with Crippen molar-refractivity contribution in [3.8, 4) is 0 Å². The molecule has 0 unspecified atom stereocenters. The number of hydrogen-bond donors (Lipinski definition) is 0. The topological polar surface area (TPSA) is 23.6 Å². The van der Waals surface area contributed by atoms with E-state index in [1.807, 2.05) is 4.90 Å².